The molecule has 2 aromatic heterocycles. The van der Waals surface area contributed by atoms with Gasteiger partial charge >= 0.3 is 6.09 Å². The number of carbonyl (C=O) groups is 1. The van der Waals surface area contributed by atoms with E-state index < -0.39 is 5.60 Å². The van der Waals surface area contributed by atoms with Gasteiger partial charge in [-0.1, -0.05) is 11.6 Å². The number of furan rings is 1. The van der Waals surface area contributed by atoms with Crippen molar-refractivity contribution in [3.63, 3.8) is 0 Å². The number of aryl methyl sites for hydroxylation is 1. The molecule has 0 bridgehead atoms. The first-order valence-corrected chi connectivity index (χ1v) is 9.57. The van der Waals surface area contributed by atoms with E-state index in [0.717, 1.165) is 40.8 Å². The highest BCUT2D eigenvalue weighted by Gasteiger charge is 2.33. The number of amides is 1. The molecule has 1 atom stereocenters. The fraction of sp³-hybridized carbons (Fsp3) is 0.476. The highest BCUT2D eigenvalue weighted by molar-refractivity contribution is 6.05. The molecule has 1 aliphatic rings. The number of hydrogen-bond donors (Lipinski definition) is 0. The minimum absolute atomic E-state index is 0.0616. The molecule has 4 rings (SSSR count). The van der Waals surface area contributed by atoms with Crippen LogP contribution in [0.5, 0.6) is 0 Å². The lowest BCUT2D eigenvalue weighted by molar-refractivity contribution is 0.0238. The maximum atomic E-state index is 12.4. The van der Waals surface area contributed by atoms with E-state index in [1.807, 2.05) is 32.9 Å². The lowest BCUT2D eigenvalue weighted by Crippen LogP contribution is -2.42. The third kappa shape index (κ3) is 3.37. The highest BCUT2D eigenvalue weighted by atomic mass is 16.6. The summed E-state index contributed by atoms with van der Waals surface area (Å²) < 4.78 is 11.6. The minimum Gasteiger partial charge on any atom is -0.450 e. The molecular formula is C21H26N4O3. The molecule has 28 heavy (non-hydrogen) atoms. The number of likely N-dealkylation sites (N-methyl/N-ethyl adjacent to an activating group) is 1. The zero-order valence-electron chi connectivity index (χ0n) is 17.0. The van der Waals surface area contributed by atoms with Crippen molar-refractivity contribution in [3.05, 3.63) is 30.1 Å². The molecule has 0 radical (unpaired) electrons. The molecule has 7 heteroatoms. The van der Waals surface area contributed by atoms with Crippen LogP contribution in [0, 0.1) is 6.92 Å². The van der Waals surface area contributed by atoms with Gasteiger partial charge in [-0.3, -0.25) is 0 Å². The Hall–Kier alpha value is -2.83. The third-order valence-electron chi connectivity index (χ3n) is 5.08. The first-order valence-electron chi connectivity index (χ1n) is 9.57. The Balaban J connectivity index is 1.60. The number of rotatable bonds is 2. The molecule has 3 heterocycles. The van der Waals surface area contributed by atoms with Crippen LogP contribution in [0.3, 0.4) is 0 Å². The normalized spacial score (nSPS) is 17.5. The number of anilines is 1. The molecule has 1 aromatic carbocycles. The Kier molecular flexibility index (Phi) is 4.40. The quantitative estimate of drug-likeness (QED) is 0.664. The van der Waals surface area contributed by atoms with Gasteiger partial charge in [0.15, 0.2) is 11.4 Å². The second kappa shape index (κ2) is 6.65. The highest BCUT2D eigenvalue weighted by Crippen LogP contribution is 2.34. The Morgan fingerprint density at radius 1 is 1.32 bits per heavy atom. The number of nitrogens with zero attached hydrogens (tertiary/aromatic N) is 4. The lowest BCUT2D eigenvalue weighted by atomic mass is 10.2. The van der Waals surface area contributed by atoms with Gasteiger partial charge in [0.1, 0.15) is 23.0 Å². The number of ether oxygens (including phenoxy) is 1. The summed E-state index contributed by atoms with van der Waals surface area (Å²) in [7, 11) is 1.79. The van der Waals surface area contributed by atoms with E-state index in [4.69, 9.17) is 9.15 Å². The minimum atomic E-state index is -0.505. The van der Waals surface area contributed by atoms with Gasteiger partial charge in [-0.2, -0.15) is 0 Å². The lowest BCUT2D eigenvalue weighted by Gasteiger charge is -2.28. The molecule has 1 saturated heterocycles. The molecule has 0 saturated carbocycles. The molecule has 0 N–H and O–H groups in total. The maximum absolute atomic E-state index is 12.4. The summed E-state index contributed by atoms with van der Waals surface area (Å²) in [6, 6.07) is 6.14. The second-order valence-corrected chi connectivity index (χ2v) is 8.46. The molecule has 0 spiro atoms. The van der Waals surface area contributed by atoms with E-state index in [0.29, 0.717) is 12.1 Å². The van der Waals surface area contributed by atoms with Crippen LogP contribution in [0.15, 0.2) is 28.9 Å². The molecule has 3 aromatic rings. The van der Waals surface area contributed by atoms with Crippen molar-refractivity contribution in [1.29, 1.82) is 0 Å². The second-order valence-electron chi connectivity index (χ2n) is 8.46. The molecule has 1 aliphatic heterocycles. The van der Waals surface area contributed by atoms with Crippen LogP contribution in [0.1, 0.15) is 32.8 Å². The summed E-state index contributed by atoms with van der Waals surface area (Å²) in [5.74, 6) is 0.777. The van der Waals surface area contributed by atoms with Crippen molar-refractivity contribution in [2.45, 2.75) is 45.8 Å². The van der Waals surface area contributed by atoms with Crippen LogP contribution >= 0.6 is 0 Å². The van der Waals surface area contributed by atoms with Gasteiger partial charge in [0.2, 0.25) is 0 Å². The van der Waals surface area contributed by atoms with Crippen molar-refractivity contribution >= 4 is 34.0 Å². The van der Waals surface area contributed by atoms with Crippen LogP contribution in [-0.2, 0) is 4.74 Å². The summed E-state index contributed by atoms with van der Waals surface area (Å²) >= 11 is 0. The summed E-state index contributed by atoms with van der Waals surface area (Å²) in [6.45, 7) is 9.15. The predicted molar refractivity (Wildman–Crippen MR) is 109 cm³/mol. The smallest absolute Gasteiger partial charge is 0.410 e. The summed E-state index contributed by atoms with van der Waals surface area (Å²) in [5, 5.41) is 1.00. The maximum Gasteiger partial charge on any atom is 0.410 e. The summed E-state index contributed by atoms with van der Waals surface area (Å²) in [6.07, 6.45) is 2.13. The molecule has 1 fully saturated rings. The Morgan fingerprint density at radius 3 is 2.86 bits per heavy atom. The Morgan fingerprint density at radius 2 is 2.11 bits per heavy atom. The Labute approximate surface area is 164 Å². The topological polar surface area (TPSA) is 71.7 Å². The van der Waals surface area contributed by atoms with Crippen molar-refractivity contribution in [2.75, 3.05) is 25.0 Å². The zero-order chi connectivity index (χ0) is 20.1. The molecule has 0 unspecified atom stereocenters. The number of hydrogen-bond acceptors (Lipinski definition) is 6. The zero-order valence-corrected chi connectivity index (χ0v) is 17.0. The van der Waals surface area contributed by atoms with E-state index in [1.54, 1.807) is 18.3 Å². The Bertz CT molecular complexity index is 1040. The monoisotopic (exact) mass is 382 g/mol. The van der Waals surface area contributed by atoms with Crippen LogP contribution in [0.2, 0.25) is 0 Å². The number of fused-ring (bicyclic) bond motifs is 3. The van der Waals surface area contributed by atoms with Crippen molar-refractivity contribution < 1.29 is 13.9 Å². The molecule has 0 aliphatic carbocycles. The summed E-state index contributed by atoms with van der Waals surface area (Å²) in [5.41, 5.74) is 2.99. The van der Waals surface area contributed by atoms with Gasteiger partial charge in [-0.05, 0) is 46.2 Å². The van der Waals surface area contributed by atoms with Gasteiger partial charge in [-0.25, -0.2) is 14.8 Å². The van der Waals surface area contributed by atoms with Crippen molar-refractivity contribution in [1.82, 2.24) is 14.9 Å². The number of aromatic nitrogens is 2. The van der Waals surface area contributed by atoms with Gasteiger partial charge in [0.25, 0.3) is 0 Å². The van der Waals surface area contributed by atoms with Crippen LogP contribution in [0.25, 0.3) is 22.1 Å². The SMILES string of the molecule is Cc1ccc2oc3c(N4CC[C@@H](N(C)C(=O)OC(C)(C)C)C4)ncnc3c2c1. The molecule has 1 amide bonds. The van der Waals surface area contributed by atoms with E-state index >= 15 is 0 Å². The molecule has 148 valence electrons. The first kappa shape index (κ1) is 18.5. The van der Waals surface area contributed by atoms with Crippen LogP contribution < -0.4 is 4.90 Å². The predicted octanol–water partition coefficient (Wildman–Crippen LogP) is 4.13. The van der Waals surface area contributed by atoms with E-state index in [2.05, 4.69) is 27.9 Å². The van der Waals surface area contributed by atoms with Gasteiger partial charge in [0.05, 0.1) is 6.04 Å². The molecular weight excluding hydrogens is 356 g/mol. The fourth-order valence-corrected chi connectivity index (χ4v) is 3.64. The third-order valence-corrected chi connectivity index (χ3v) is 5.08. The summed E-state index contributed by atoms with van der Waals surface area (Å²) in [4.78, 5) is 25.2. The van der Waals surface area contributed by atoms with E-state index in [9.17, 15) is 4.79 Å². The molecule has 7 nitrogen and oxygen atoms in total. The number of benzene rings is 1. The van der Waals surface area contributed by atoms with Gasteiger partial charge < -0.3 is 19.0 Å². The average molecular weight is 382 g/mol. The first-order chi connectivity index (χ1) is 13.2. The average Bonchev–Trinajstić information content (AvgIpc) is 3.24. The van der Waals surface area contributed by atoms with Crippen LogP contribution in [-0.4, -0.2) is 52.7 Å². The standard InChI is InChI=1S/C21H26N4O3/c1-13-6-7-16-15(10-13)17-18(27-16)19(23-12-22-17)25-9-8-14(11-25)24(5)20(26)28-21(2,3)4/h6-7,10,12,14H,8-9,11H2,1-5H3/t14-/m1/s1. The van der Waals surface area contributed by atoms with Crippen molar-refractivity contribution in [2.24, 2.45) is 0 Å². The fourth-order valence-electron chi connectivity index (χ4n) is 3.64. The van der Waals surface area contributed by atoms with Crippen LogP contribution in [0.4, 0.5) is 10.6 Å². The van der Waals surface area contributed by atoms with E-state index in [-0.39, 0.29) is 12.1 Å². The number of carbonyl (C=O) groups excluding carboxylic acids is 1. The van der Waals surface area contributed by atoms with Gasteiger partial charge in [-0.15, -0.1) is 0 Å². The largest absolute Gasteiger partial charge is 0.450 e. The van der Waals surface area contributed by atoms with Crippen molar-refractivity contribution in [3.8, 4) is 0 Å². The van der Waals surface area contributed by atoms with E-state index in [1.165, 1.54) is 0 Å². The van der Waals surface area contributed by atoms with Gasteiger partial charge in [0, 0.05) is 25.5 Å².